The van der Waals surface area contributed by atoms with Crippen LogP contribution in [0, 0.1) is 0 Å². The van der Waals surface area contributed by atoms with Gasteiger partial charge in [-0.3, -0.25) is 9.59 Å². The van der Waals surface area contributed by atoms with E-state index in [2.05, 4.69) is 11.4 Å². The topological polar surface area (TPSA) is 55.4 Å². The van der Waals surface area contributed by atoms with Gasteiger partial charge in [-0.05, 0) is 56.2 Å². The first-order valence-corrected chi connectivity index (χ1v) is 8.46. The van der Waals surface area contributed by atoms with Crippen molar-refractivity contribution in [2.45, 2.75) is 44.9 Å². The molecule has 0 saturated carbocycles. The van der Waals surface area contributed by atoms with Gasteiger partial charge in [-0.25, -0.2) is 0 Å². The normalized spacial score (nSPS) is 16.7. The Kier molecular flexibility index (Phi) is 5.11. The van der Waals surface area contributed by atoms with Crippen LogP contribution < -0.4 is 10.1 Å². The van der Waals surface area contributed by atoms with Gasteiger partial charge in [0.25, 0.3) is 5.91 Å². The monoisotopic (exact) mass is 313 g/mol. The highest BCUT2D eigenvalue weighted by Gasteiger charge is 2.19. The Morgan fingerprint density at radius 1 is 1.17 bits per heavy atom. The van der Waals surface area contributed by atoms with Crippen molar-refractivity contribution in [3.63, 3.8) is 0 Å². The van der Waals surface area contributed by atoms with Gasteiger partial charge in [0.15, 0.2) is 12.4 Å². The third-order valence-corrected chi connectivity index (χ3v) is 4.53. The van der Waals surface area contributed by atoms with Gasteiger partial charge in [-0.15, -0.1) is 0 Å². The zero-order valence-corrected chi connectivity index (χ0v) is 13.4. The molecule has 1 aromatic carbocycles. The van der Waals surface area contributed by atoms with Crippen molar-refractivity contribution in [2.75, 3.05) is 13.2 Å². The van der Waals surface area contributed by atoms with Gasteiger partial charge in [-0.2, -0.15) is 0 Å². The van der Waals surface area contributed by atoms with Crippen molar-refractivity contribution < 1.29 is 14.3 Å². The van der Waals surface area contributed by atoms with E-state index in [4.69, 9.17) is 4.74 Å². The fourth-order valence-electron chi connectivity index (χ4n) is 3.20. The number of hydrogen-bond acceptors (Lipinski definition) is 3. The molecule has 122 valence electrons. The summed E-state index contributed by atoms with van der Waals surface area (Å²) in [4.78, 5) is 23.5. The molecule has 0 heterocycles. The van der Waals surface area contributed by atoms with E-state index in [1.165, 1.54) is 24.8 Å². The van der Waals surface area contributed by atoms with Crippen LogP contribution in [0.1, 0.15) is 54.4 Å². The maximum absolute atomic E-state index is 11.8. The summed E-state index contributed by atoms with van der Waals surface area (Å²) in [5, 5.41) is 2.89. The van der Waals surface area contributed by atoms with E-state index in [9.17, 15) is 9.59 Å². The van der Waals surface area contributed by atoms with Gasteiger partial charge in [-0.1, -0.05) is 17.7 Å². The molecule has 0 fully saturated rings. The van der Waals surface area contributed by atoms with Crippen LogP contribution in [-0.4, -0.2) is 24.8 Å². The van der Waals surface area contributed by atoms with Gasteiger partial charge in [0.1, 0.15) is 5.75 Å². The average molecular weight is 313 g/mol. The van der Waals surface area contributed by atoms with Crippen LogP contribution in [0.5, 0.6) is 5.75 Å². The van der Waals surface area contributed by atoms with Gasteiger partial charge in [0.2, 0.25) is 0 Å². The third kappa shape index (κ3) is 4.21. The van der Waals surface area contributed by atoms with Crippen LogP contribution in [0.15, 0.2) is 29.8 Å². The van der Waals surface area contributed by atoms with Crippen molar-refractivity contribution in [3.05, 3.63) is 41.0 Å². The number of ketones is 1. The Labute approximate surface area is 136 Å². The zero-order chi connectivity index (χ0) is 16.1. The van der Waals surface area contributed by atoms with Crippen LogP contribution in [0.25, 0.3) is 0 Å². The van der Waals surface area contributed by atoms with Gasteiger partial charge in [0.05, 0.1) is 0 Å². The molecule has 0 bridgehead atoms. The maximum Gasteiger partial charge on any atom is 0.257 e. The molecule has 0 aromatic heterocycles. The highest BCUT2D eigenvalue weighted by atomic mass is 16.5. The van der Waals surface area contributed by atoms with Crippen LogP contribution >= 0.6 is 0 Å². The zero-order valence-electron chi connectivity index (χ0n) is 13.4. The van der Waals surface area contributed by atoms with Crippen LogP contribution in [0.2, 0.25) is 0 Å². The summed E-state index contributed by atoms with van der Waals surface area (Å²) < 4.78 is 5.51. The Balaban J connectivity index is 1.41. The van der Waals surface area contributed by atoms with E-state index in [-0.39, 0.29) is 18.3 Å². The number of amides is 1. The Hall–Kier alpha value is -2.10. The molecule has 4 heteroatoms. The summed E-state index contributed by atoms with van der Waals surface area (Å²) in [5.74, 6) is 0.632. The SMILES string of the molecule is O=C(COc1ccc2c(c1)C(=O)CC2)NCCC1=CCCCC1. The lowest BCUT2D eigenvalue weighted by atomic mass is 9.97. The second-order valence-electron chi connectivity index (χ2n) is 6.24. The van der Waals surface area contributed by atoms with E-state index >= 15 is 0 Å². The quantitative estimate of drug-likeness (QED) is 0.821. The van der Waals surface area contributed by atoms with E-state index in [1.54, 1.807) is 6.07 Å². The van der Waals surface area contributed by atoms with Gasteiger partial charge in [0, 0.05) is 18.5 Å². The van der Waals surface area contributed by atoms with E-state index in [0.29, 0.717) is 18.7 Å². The Bertz CT molecular complexity index is 634. The lowest BCUT2D eigenvalue weighted by Gasteiger charge is -2.13. The van der Waals surface area contributed by atoms with Crippen molar-refractivity contribution >= 4 is 11.7 Å². The highest BCUT2D eigenvalue weighted by molar-refractivity contribution is 6.00. The number of fused-ring (bicyclic) bond motifs is 1. The number of Topliss-reactive ketones (excluding diaryl/α,β-unsaturated/α-hetero) is 1. The lowest BCUT2D eigenvalue weighted by molar-refractivity contribution is -0.123. The molecule has 0 aliphatic heterocycles. The third-order valence-electron chi connectivity index (χ3n) is 4.53. The second kappa shape index (κ2) is 7.44. The first-order valence-electron chi connectivity index (χ1n) is 8.46. The van der Waals surface area contributed by atoms with Crippen molar-refractivity contribution in [1.29, 1.82) is 0 Å². The molecule has 2 aliphatic carbocycles. The molecular formula is C19H23NO3. The number of hydrogen-bond donors (Lipinski definition) is 1. The van der Waals surface area contributed by atoms with E-state index in [0.717, 1.165) is 30.4 Å². The molecule has 3 rings (SSSR count). The fraction of sp³-hybridized carbons (Fsp3) is 0.474. The molecule has 4 nitrogen and oxygen atoms in total. The van der Waals surface area contributed by atoms with Gasteiger partial charge < -0.3 is 10.1 Å². The fourth-order valence-corrected chi connectivity index (χ4v) is 3.20. The highest BCUT2D eigenvalue weighted by Crippen LogP contribution is 2.26. The minimum absolute atomic E-state index is 0.00791. The molecule has 0 atom stereocenters. The summed E-state index contributed by atoms with van der Waals surface area (Å²) in [6.07, 6.45) is 9.50. The number of aryl methyl sites for hydroxylation is 1. The Morgan fingerprint density at radius 3 is 2.91 bits per heavy atom. The minimum atomic E-state index is -0.117. The number of nitrogens with one attached hydrogen (secondary N) is 1. The molecule has 0 radical (unpaired) electrons. The molecule has 1 N–H and O–H groups in total. The van der Waals surface area contributed by atoms with Crippen LogP contribution in [-0.2, 0) is 11.2 Å². The molecule has 2 aliphatic rings. The standard InChI is InChI=1S/C19H23NO3/c21-18-9-7-15-6-8-16(12-17(15)18)23-13-19(22)20-11-10-14-4-2-1-3-5-14/h4,6,8,12H,1-3,5,7,9-11,13H2,(H,20,22). The largest absolute Gasteiger partial charge is 0.484 e. The van der Waals surface area contributed by atoms with Crippen molar-refractivity contribution in [1.82, 2.24) is 5.32 Å². The summed E-state index contributed by atoms with van der Waals surface area (Å²) in [7, 11) is 0. The summed E-state index contributed by atoms with van der Waals surface area (Å²) in [6, 6.07) is 5.51. The smallest absolute Gasteiger partial charge is 0.257 e. The first-order chi connectivity index (χ1) is 11.2. The van der Waals surface area contributed by atoms with Crippen LogP contribution in [0.3, 0.4) is 0 Å². The van der Waals surface area contributed by atoms with Crippen molar-refractivity contribution in [3.8, 4) is 5.75 Å². The minimum Gasteiger partial charge on any atom is -0.484 e. The summed E-state index contributed by atoms with van der Waals surface area (Å²) in [5.41, 5.74) is 3.27. The van der Waals surface area contributed by atoms with Crippen LogP contribution in [0.4, 0.5) is 0 Å². The number of benzene rings is 1. The van der Waals surface area contributed by atoms with E-state index in [1.807, 2.05) is 12.1 Å². The Morgan fingerprint density at radius 2 is 2.09 bits per heavy atom. The summed E-state index contributed by atoms with van der Waals surface area (Å²) in [6.45, 7) is 0.655. The molecular weight excluding hydrogens is 290 g/mol. The van der Waals surface area contributed by atoms with E-state index < -0.39 is 0 Å². The lowest BCUT2D eigenvalue weighted by Crippen LogP contribution is -2.30. The second-order valence-corrected chi connectivity index (χ2v) is 6.24. The molecule has 0 unspecified atom stereocenters. The maximum atomic E-state index is 11.8. The number of carbonyl (C=O) groups is 2. The first kappa shape index (κ1) is 15.8. The predicted octanol–water partition coefficient (Wildman–Crippen LogP) is 3.20. The number of ether oxygens (including phenoxy) is 1. The molecule has 1 aromatic rings. The predicted molar refractivity (Wildman–Crippen MR) is 88.8 cm³/mol. The van der Waals surface area contributed by atoms with Gasteiger partial charge >= 0.3 is 0 Å². The number of carbonyl (C=O) groups excluding carboxylic acids is 2. The summed E-state index contributed by atoms with van der Waals surface area (Å²) >= 11 is 0. The number of rotatable bonds is 6. The van der Waals surface area contributed by atoms with Crippen molar-refractivity contribution in [2.24, 2.45) is 0 Å². The molecule has 23 heavy (non-hydrogen) atoms. The molecule has 1 amide bonds. The number of allylic oxidation sites excluding steroid dienone is 1. The molecule has 0 spiro atoms. The average Bonchev–Trinajstić information content (AvgIpc) is 2.95. The molecule has 0 saturated heterocycles.